The van der Waals surface area contributed by atoms with Crippen LogP contribution in [0.3, 0.4) is 0 Å². The van der Waals surface area contributed by atoms with E-state index in [0.717, 1.165) is 0 Å². The average Bonchev–Trinajstić information content (AvgIpc) is 1.69. The monoisotopic (exact) mass is 260 g/mol. The summed E-state index contributed by atoms with van der Waals surface area (Å²) in [4.78, 5) is 17.9. The van der Waals surface area contributed by atoms with E-state index < -0.39 is 5.97 Å². The largest absolute Gasteiger partial charge is 0.476 e. The third kappa shape index (κ3) is 30.4. The number of halogens is 2. The molecule has 6 heteroatoms. The molecule has 0 rings (SSSR count). The number of hydrogen-bond donors (Lipinski definition) is 1. The average molecular weight is 262 g/mol. The molecule has 0 fully saturated rings. The first kappa shape index (κ1) is 11.4. The zero-order valence-corrected chi connectivity index (χ0v) is 8.39. The fourth-order valence-corrected chi connectivity index (χ4v) is 0. The Kier molecular flexibility index (Phi) is 15.1. The van der Waals surface area contributed by atoms with Gasteiger partial charge in [-0.15, -0.1) is 0 Å². The molecule has 0 aliphatic rings. The molecule has 0 atom stereocenters. The zero-order chi connectivity index (χ0) is 6.99. The van der Waals surface area contributed by atoms with Gasteiger partial charge in [0.05, 0.1) is 0 Å². The van der Waals surface area contributed by atoms with Crippen molar-refractivity contribution in [2.75, 3.05) is 0 Å². The normalized spacial score (nSPS) is 5.75. The van der Waals surface area contributed by atoms with Crippen LogP contribution in [-0.2, 0) is 9.59 Å². The van der Waals surface area contributed by atoms with Crippen LogP contribution in [0.2, 0.25) is 0 Å². The first-order valence-electron chi connectivity index (χ1n) is 1.49. The molecule has 3 nitrogen and oxygen atoms in total. The van der Waals surface area contributed by atoms with Crippen molar-refractivity contribution in [1.82, 2.24) is 0 Å². The van der Waals surface area contributed by atoms with Gasteiger partial charge >= 0.3 is 17.5 Å². The molecule has 0 aliphatic carbocycles. The zero-order valence-electron chi connectivity index (χ0n) is 3.80. The molecular formula is C2H3AlBr2O3. The summed E-state index contributed by atoms with van der Waals surface area (Å²) in [6.07, 6.45) is -0.167. The fraction of sp³-hybridized carbons (Fsp3) is 0. The van der Waals surface area contributed by atoms with E-state index in [9.17, 15) is 0 Å². The van der Waals surface area contributed by atoms with Crippen LogP contribution in [0.25, 0.3) is 0 Å². The van der Waals surface area contributed by atoms with Crippen LogP contribution in [0.4, 0.5) is 0 Å². The lowest BCUT2D eigenvalue weighted by Gasteiger charge is -1.59. The Morgan fingerprint density at radius 1 is 1.62 bits per heavy atom. The van der Waals surface area contributed by atoms with Crippen LogP contribution in [0, 0.1) is 0 Å². The molecule has 1 N–H and O–H groups in total. The number of carboxylic acid groups (broad SMARTS) is 1. The lowest BCUT2D eigenvalue weighted by molar-refractivity contribution is -0.143. The van der Waals surface area contributed by atoms with E-state index in [1.807, 2.05) is 0 Å². The number of carboxylic acids is 1. The van der Waals surface area contributed by atoms with Crippen LogP contribution in [-0.4, -0.2) is 28.9 Å². The number of carbonyl (C=O) groups is 2. The molecule has 0 aromatic rings. The summed E-state index contributed by atoms with van der Waals surface area (Å²) >= 11 is 6.44. The highest BCUT2D eigenvalue weighted by molar-refractivity contribution is 9.47. The lowest BCUT2D eigenvalue weighted by atomic mass is 10.8. The second kappa shape index (κ2) is 10.6. The van der Waals surface area contributed by atoms with E-state index in [1.54, 1.807) is 0 Å². The molecule has 0 saturated carbocycles. The van der Waals surface area contributed by atoms with Crippen molar-refractivity contribution in [3.8, 4) is 0 Å². The van der Waals surface area contributed by atoms with Crippen molar-refractivity contribution in [2.45, 2.75) is 0 Å². The van der Waals surface area contributed by atoms with Crippen LogP contribution in [0.5, 0.6) is 0 Å². The molecule has 0 aromatic heterocycles. The van der Waals surface area contributed by atoms with Gasteiger partial charge in [-0.05, 0) is 0 Å². The molecule has 0 spiro atoms. The summed E-state index contributed by atoms with van der Waals surface area (Å²) in [6, 6.07) is 0. The van der Waals surface area contributed by atoms with Gasteiger partial charge in [0.15, 0.2) is 0 Å². The van der Waals surface area contributed by atoms with Crippen LogP contribution in [0.1, 0.15) is 0 Å². The van der Waals surface area contributed by atoms with E-state index in [4.69, 9.17) is 14.7 Å². The maximum absolute atomic E-state index is 9.00. The first-order chi connectivity index (χ1) is 3.68. The van der Waals surface area contributed by atoms with E-state index in [1.165, 1.54) is 0 Å². The van der Waals surface area contributed by atoms with Gasteiger partial charge in [0.25, 0.3) is 0 Å². The van der Waals surface area contributed by atoms with Gasteiger partial charge in [-0.1, -0.05) is 0 Å². The number of rotatable bonds is 1. The smallest absolute Gasteiger partial charge is 0.435 e. The highest BCUT2D eigenvalue weighted by Gasteiger charge is 1.80. The van der Waals surface area contributed by atoms with Crippen LogP contribution in [0.15, 0.2) is 0 Å². The molecule has 0 amide bonds. The van der Waals surface area contributed by atoms with E-state index in [-0.39, 0.29) is 17.9 Å². The van der Waals surface area contributed by atoms with Crippen molar-refractivity contribution in [3.05, 3.63) is 0 Å². The Morgan fingerprint density at radius 2 is 1.75 bits per heavy atom. The fourth-order valence-electron chi connectivity index (χ4n) is 0. The van der Waals surface area contributed by atoms with Crippen molar-refractivity contribution in [3.63, 3.8) is 0 Å². The molecule has 0 heterocycles. The molecule has 0 aliphatic heterocycles. The van der Waals surface area contributed by atoms with Crippen molar-refractivity contribution < 1.29 is 14.7 Å². The summed E-state index contributed by atoms with van der Waals surface area (Å²) < 4.78 is 0. The lowest BCUT2D eigenvalue weighted by Crippen LogP contribution is -1.91. The second-order valence-corrected chi connectivity index (χ2v) is 8.64. The first-order valence-corrected chi connectivity index (χ1v) is 9.28. The Bertz CT molecular complexity index is 75.7. The second-order valence-electron chi connectivity index (χ2n) is 0.557. The number of aldehydes is 1. The molecule has 0 radical (unpaired) electrons. The van der Waals surface area contributed by atoms with Crippen molar-refractivity contribution in [2.24, 2.45) is 0 Å². The van der Waals surface area contributed by atoms with Gasteiger partial charge in [0.2, 0.25) is 6.29 Å². The molecule has 0 unspecified atom stereocenters. The number of carbonyl (C=O) groups excluding carboxylic acids is 1. The highest BCUT2D eigenvalue weighted by atomic mass is 79.9. The third-order valence-corrected chi connectivity index (χ3v) is 0.101. The summed E-state index contributed by atoms with van der Waals surface area (Å²) in [5, 5.41) is 7.35. The Balaban J connectivity index is 0. The Labute approximate surface area is 66.5 Å². The summed E-state index contributed by atoms with van der Waals surface area (Å²) in [5.74, 6) is -1.43. The topological polar surface area (TPSA) is 54.4 Å². The number of hydrogen-bond acceptors (Lipinski definition) is 2. The molecule has 8 heavy (non-hydrogen) atoms. The quantitative estimate of drug-likeness (QED) is 0.420. The minimum Gasteiger partial charge on any atom is -0.476 e. The predicted molar refractivity (Wildman–Crippen MR) is 38.7 cm³/mol. The SMILES string of the molecule is O=CC(=O)O.[Br][AlH][Br]. The van der Waals surface area contributed by atoms with Crippen molar-refractivity contribution >= 4 is 51.9 Å². The minimum absolute atomic E-state index is 0.0417. The molecular weight excluding hydrogens is 259 g/mol. The van der Waals surface area contributed by atoms with E-state index in [2.05, 4.69) is 28.1 Å². The van der Waals surface area contributed by atoms with Crippen LogP contribution >= 0.6 is 28.1 Å². The molecule has 0 bridgehead atoms. The standard InChI is InChI=1S/C2H2O3.Al.2BrH.H/c3-1-2(4)5;;;;/h1H,(H,4,5);;2*1H;/q;+2;;;/p-2. The van der Waals surface area contributed by atoms with Gasteiger partial charge in [-0.3, -0.25) is 4.79 Å². The maximum atomic E-state index is 9.00. The minimum atomic E-state index is -1.43. The van der Waals surface area contributed by atoms with Gasteiger partial charge in [-0.25, -0.2) is 32.9 Å². The third-order valence-electron chi connectivity index (χ3n) is 0.101. The van der Waals surface area contributed by atoms with Gasteiger partial charge in [0, 0.05) is 0 Å². The van der Waals surface area contributed by atoms with E-state index in [0.29, 0.717) is 0 Å². The molecule has 46 valence electrons. The van der Waals surface area contributed by atoms with Gasteiger partial charge in [-0.2, -0.15) is 0 Å². The van der Waals surface area contributed by atoms with Gasteiger partial charge < -0.3 is 5.11 Å². The Hall–Kier alpha value is 0.632. The molecule has 0 saturated heterocycles. The summed E-state index contributed by atoms with van der Waals surface area (Å²) in [5.41, 5.74) is 0. The van der Waals surface area contributed by atoms with Crippen LogP contribution < -0.4 is 0 Å². The summed E-state index contributed by atoms with van der Waals surface area (Å²) in [7, 11) is 0. The van der Waals surface area contributed by atoms with Gasteiger partial charge in [0.1, 0.15) is 0 Å². The Morgan fingerprint density at radius 3 is 1.75 bits per heavy atom. The maximum Gasteiger partial charge on any atom is 0.435 e. The molecule has 0 aromatic carbocycles. The predicted octanol–water partition coefficient (Wildman–Crippen LogP) is 0.313. The highest BCUT2D eigenvalue weighted by Crippen LogP contribution is 1.77. The van der Waals surface area contributed by atoms with Crippen molar-refractivity contribution in [1.29, 1.82) is 0 Å². The number of aliphatic carboxylic acids is 1. The summed E-state index contributed by atoms with van der Waals surface area (Å²) in [6.45, 7) is 0. The van der Waals surface area contributed by atoms with E-state index >= 15 is 0 Å².